The Kier molecular flexibility index (Phi) is 5.84. The number of halogens is 2. The summed E-state index contributed by atoms with van der Waals surface area (Å²) >= 11 is 5.67. The van der Waals surface area contributed by atoms with Crippen molar-refractivity contribution in [1.29, 1.82) is 0 Å². The summed E-state index contributed by atoms with van der Waals surface area (Å²) < 4.78 is 19.1. The molecular formula is C21H15ClFNO3. The summed E-state index contributed by atoms with van der Waals surface area (Å²) in [6.45, 7) is -0.308. The second kappa shape index (κ2) is 8.47. The van der Waals surface area contributed by atoms with E-state index in [1.54, 1.807) is 48.5 Å². The second-order valence-corrected chi connectivity index (χ2v) is 6.06. The molecule has 0 saturated carbocycles. The molecule has 0 radical (unpaired) electrons. The monoisotopic (exact) mass is 383 g/mol. The van der Waals surface area contributed by atoms with Gasteiger partial charge in [0.25, 0.3) is 5.91 Å². The van der Waals surface area contributed by atoms with E-state index in [-0.39, 0.29) is 23.1 Å². The first kappa shape index (κ1) is 18.6. The molecule has 27 heavy (non-hydrogen) atoms. The Bertz CT molecular complexity index is 959. The van der Waals surface area contributed by atoms with Crippen molar-refractivity contribution in [2.75, 3.05) is 11.9 Å². The minimum Gasteiger partial charge on any atom is -0.484 e. The maximum atomic E-state index is 13.8. The van der Waals surface area contributed by atoms with E-state index in [9.17, 15) is 14.0 Å². The smallest absolute Gasteiger partial charge is 0.262 e. The van der Waals surface area contributed by atoms with Gasteiger partial charge in [0.2, 0.25) is 0 Å². The fourth-order valence-electron chi connectivity index (χ4n) is 2.39. The van der Waals surface area contributed by atoms with Crippen molar-refractivity contribution in [2.24, 2.45) is 0 Å². The number of carbonyl (C=O) groups excluding carboxylic acids is 2. The average molecular weight is 384 g/mol. The molecule has 0 aliphatic rings. The molecule has 3 aromatic rings. The zero-order valence-corrected chi connectivity index (χ0v) is 14.9. The lowest BCUT2D eigenvalue weighted by Crippen LogP contribution is -2.20. The molecule has 0 unspecified atom stereocenters. The van der Waals surface area contributed by atoms with Gasteiger partial charge in [0, 0.05) is 11.1 Å². The van der Waals surface area contributed by atoms with Crippen molar-refractivity contribution in [1.82, 2.24) is 0 Å². The van der Waals surface area contributed by atoms with Crippen LogP contribution in [0.15, 0.2) is 72.8 Å². The van der Waals surface area contributed by atoms with Gasteiger partial charge < -0.3 is 10.1 Å². The van der Waals surface area contributed by atoms with Gasteiger partial charge in [-0.25, -0.2) is 4.39 Å². The molecule has 1 amide bonds. The van der Waals surface area contributed by atoms with Crippen molar-refractivity contribution in [3.8, 4) is 5.75 Å². The Morgan fingerprint density at radius 1 is 0.889 bits per heavy atom. The fraction of sp³-hybridized carbons (Fsp3) is 0.0476. The number of anilines is 1. The quantitative estimate of drug-likeness (QED) is 0.626. The molecule has 4 nitrogen and oxygen atoms in total. The van der Waals surface area contributed by atoms with E-state index in [0.29, 0.717) is 16.9 Å². The van der Waals surface area contributed by atoms with Crippen molar-refractivity contribution in [3.63, 3.8) is 0 Å². The summed E-state index contributed by atoms with van der Waals surface area (Å²) in [4.78, 5) is 24.2. The molecular weight excluding hydrogens is 369 g/mol. The minimum atomic E-state index is -0.698. The number of ketones is 1. The highest BCUT2D eigenvalue weighted by Gasteiger charge is 2.11. The van der Waals surface area contributed by atoms with Crippen molar-refractivity contribution in [3.05, 3.63) is 94.8 Å². The van der Waals surface area contributed by atoms with Crippen LogP contribution in [0.3, 0.4) is 0 Å². The summed E-state index contributed by atoms with van der Waals surface area (Å²) in [7, 11) is 0. The number of hydrogen-bond donors (Lipinski definition) is 1. The maximum Gasteiger partial charge on any atom is 0.262 e. The van der Waals surface area contributed by atoms with Crippen molar-refractivity contribution < 1.29 is 18.7 Å². The zero-order valence-electron chi connectivity index (χ0n) is 14.1. The lowest BCUT2D eigenvalue weighted by Gasteiger charge is -2.09. The van der Waals surface area contributed by atoms with Crippen molar-refractivity contribution in [2.45, 2.75) is 0 Å². The van der Waals surface area contributed by atoms with Crippen LogP contribution in [-0.4, -0.2) is 18.3 Å². The lowest BCUT2D eigenvalue weighted by molar-refractivity contribution is -0.118. The van der Waals surface area contributed by atoms with Crippen LogP contribution in [0.25, 0.3) is 0 Å². The Hall–Kier alpha value is -3.18. The molecule has 1 N–H and O–H groups in total. The van der Waals surface area contributed by atoms with Gasteiger partial charge in [0.05, 0.1) is 10.7 Å². The van der Waals surface area contributed by atoms with Gasteiger partial charge in [-0.15, -0.1) is 0 Å². The summed E-state index contributed by atoms with van der Waals surface area (Å²) in [5.41, 5.74) is 1.09. The van der Waals surface area contributed by atoms with Gasteiger partial charge in [-0.2, -0.15) is 0 Å². The number of nitrogens with one attached hydrogen (secondary N) is 1. The molecule has 0 bridgehead atoms. The molecule has 3 aromatic carbocycles. The summed E-state index contributed by atoms with van der Waals surface area (Å²) in [5.74, 6) is -0.908. The third-order valence-corrected chi connectivity index (χ3v) is 4.04. The third-order valence-electron chi connectivity index (χ3n) is 3.75. The SMILES string of the molecule is O=C(COc1ccc(C(=O)c2ccccc2)cc1)Nc1cccc(Cl)c1F. The molecule has 0 aromatic heterocycles. The van der Waals surface area contributed by atoms with Gasteiger partial charge in [0.1, 0.15) is 5.75 Å². The average Bonchev–Trinajstić information content (AvgIpc) is 2.70. The number of carbonyl (C=O) groups is 2. The third kappa shape index (κ3) is 4.71. The highest BCUT2D eigenvalue weighted by Crippen LogP contribution is 2.22. The molecule has 0 heterocycles. The normalized spacial score (nSPS) is 10.3. The molecule has 0 saturated heterocycles. The molecule has 6 heteroatoms. The van der Waals surface area contributed by atoms with Crippen molar-refractivity contribution >= 4 is 29.0 Å². The van der Waals surface area contributed by atoms with Crippen LogP contribution in [0, 0.1) is 5.82 Å². The molecule has 0 atom stereocenters. The Labute approximate surface area is 160 Å². The Morgan fingerprint density at radius 2 is 1.56 bits per heavy atom. The van der Waals surface area contributed by atoms with E-state index in [0.717, 1.165) is 0 Å². The largest absolute Gasteiger partial charge is 0.484 e. The van der Waals surface area contributed by atoms with Gasteiger partial charge in [-0.05, 0) is 36.4 Å². The van der Waals surface area contributed by atoms with E-state index in [1.807, 2.05) is 6.07 Å². The predicted octanol–water partition coefficient (Wildman–Crippen LogP) is 4.73. The number of rotatable bonds is 6. The van der Waals surface area contributed by atoms with Crippen LogP contribution < -0.4 is 10.1 Å². The van der Waals surface area contributed by atoms with Crippen LogP contribution in [0.5, 0.6) is 5.75 Å². The highest BCUT2D eigenvalue weighted by atomic mass is 35.5. The van der Waals surface area contributed by atoms with Crippen LogP contribution in [-0.2, 0) is 4.79 Å². The summed E-state index contributed by atoms with van der Waals surface area (Å²) in [6, 6.07) is 19.7. The van der Waals surface area contributed by atoms with Gasteiger partial charge in [-0.3, -0.25) is 9.59 Å². The standard InChI is InChI=1S/C21H15ClFNO3/c22-17-7-4-8-18(20(17)23)24-19(25)13-27-16-11-9-15(10-12-16)21(26)14-5-2-1-3-6-14/h1-12H,13H2,(H,24,25). The highest BCUT2D eigenvalue weighted by molar-refractivity contribution is 6.31. The second-order valence-electron chi connectivity index (χ2n) is 5.66. The minimum absolute atomic E-state index is 0.0140. The molecule has 0 fully saturated rings. The van der Waals surface area contributed by atoms with Crippen LogP contribution in [0.1, 0.15) is 15.9 Å². The molecule has 0 aliphatic carbocycles. The van der Waals surface area contributed by atoms with E-state index in [1.165, 1.54) is 18.2 Å². The molecule has 0 aliphatic heterocycles. The number of benzene rings is 3. The predicted molar refractivity (Wildman–Crippen MR) is 102 cm³/mol. The van der Waals surface area contributed by atoms with Gasteiger partial charge in [0.15, 0.2) is 18.2 Å². The van der Waals surface area contributed by atoms with Crippen LogP contribution in [0.4, 0.5) is 10.1 Å². The first-order valence-electron chi connectivity index (χ1n) is 8.11. The first-order valence-corrected chi connectivity index (χ1v) is 8.49. The van der Waals surface area contributed by atoms with E-state index in [2.05, 4.69) is 5.32 Å². The zero-order chi connectivity index (χ0) is 19.2. The fourth-order valence-corrected chi connectivity index (χ4v) is 2.57. The van der Waals surface area contributed by atoms with Gasteiger partial charge >= 0.3 is 0 Å². The molecule has 3 rings (SSSR count). The number of ether oxygens (including phenoxy) is 1. The Morgan fingerprint density at radius 3 is 2.26 bits per heavy atom. The summed E-state index contributed by atoms with van der Waals surface area (Å²) in [5, 5.41) is 2.32. The van der Waals surface area contributed by atoms with E-state index >= 15 is 0 Å². The topological polar surface area (TPSA) is 55.4 Å². The number of hydrogen-bond acceptors (Lipinski definition) is 3. The maximum absolute atomic E-state index is 13.8. The molecule has 136 valence electrons. The van der Waals surface area contributed by atoms with E-state index in [4.69, 9.17) is 16.3 Å². The summed E-state index contributed by atoms with van der Waals surface area (Å²) in [6.07, 6.45) is 0. The van der Waals surface area contributed by atoms with Gasteiger partial charge in [-0.1, -0.05) is 48.0 Å². The van der Waals surface area contributed by atoms with Crippen LogP contribution >= 0.6 is 11.6 Å². The Balaban J connectivity index is 1.58. The first-order chi connectivity index (χ1) is 13.0. The molecule has 0 spiro atoms. The van der Waals surface area contributed by atoms with E-state index < -0.39 is 11.7 Å². The lowest BCUT2D eigenvalue weighted by atomic mass is 10.0. The number of amides is 1. The van der Waals surface area contributed by atoms with Crippen LogP contribution in [0.2, 0.25) is 5.02 Å².